The van der Waals surface area contributed by atoms with Crippen molar-refractivity contribution in [2.24, 2.45) is 11.8 Å². The van der Waals surface area contributed by atoms with Crippen molar-refractivity contribution in [3.05, 3.63) is 36.9 Å². The molecule has 2 N–H and O–H groups in total. The molecule has 0 spiro atoms. The predicted octanol–water partition coefficient (Wildman–Crippen LogP) is 1.94. The second-order valence-corrected chi connectivity index (χ2v) is 10.2. The molecule has 0 bridgehead atoms. The molecule has 1 aliphatic carbocycles. The van der Waals surface area contributed by atoms with Gasteiger partial charge in [0.15, 0.2) is 0 Å². The topological polar surface area (TPSA) is 116 Å². The lowest BCUT2D eigenvalue weighted by Gasteiger charge is -2.35. The minimum atomic E-state index is -0.0159. The predicted molar refractivity (Wildman–Crippen MR) is 136 cm³/mol. The highest BCUT2D eigenvalue weighted by Gasteiger charge is 2.33. The molecule has 2 aromatic heterocycles. The lowest BCUT2D eigenvalue weighted by molar-refractivity contribution is -0.131. The Morgan fingerprint density at radius 2 is 1.03 bits per heavy atom. The number of carbonyl (C=O) groups is 2. The average molecular weight is 493 g/mol. The van der Waals surface area contributed by atoms with E-state index in [-0.39, 0.29) is 35.7 Å². The first kappa shape index (κ1) is 24.4. The van der Waals surface area contributed by atoms with Gasteiger partial charge >= 0.3 is 0 Å². The maximum Gasteiger partial charge on any atom is 0.225 e. The average Bonchev–Trinajstić information content (AvgIpc) is 2.94. The molecule has 3 fully saturated rings. The summed E-state index contributed by atoms with van der Waals surface area (Å²) in [7, 11) is 0. The number of hydrogen-bond acceptors (Lipinski definition) is 8. The molecule has 0 radical (unpaired) electrons. The van der Waals surface area contributed by atoms with E-state index in [2.05, 4.69) is 40.4 Å². The van der Waals surface area contributed by atoms with Crippen LogP contribution in [0.2, 0.25) is 0 Å². The molecule has 5 rings (SSSR count). The van der Waals surface area contributed by atoms with Gasteiger partial charge in [-0.15, -0.1) is 0 Å². The van der Waals surface area contributed by atoms with Gasteiger partial charge in [-0.1, -0.05) is 0 Å². The standard InChI is InChI=1S/C26H36N8O2/c35-23(31-21-5-1-15-33(17-21)25-27-11-3-12-28-25)19-7-9-20(10-8-19)24(36)32-22-6-2-16-34(18-22)26-29-13-4-14-30-26/h3-4,11-14,19-22H,1-2,5-10,15-18H2,(H,31,35)(H,32,36). The van der Waals surface area contributed by atoms with Crippen molar-refractivity contribution in [3.8, 4) is 0 Å². The van der Waals surface area contributed by atoms with Gasteiger partial charge in [-0.25, -0.2) is 19.9 Å². The smallest absolute Gasteiger partial charge is 0.225 e. The maximum absolute atomic E-state index is 13.0. The van der Waals surface area contributed by atoms with Gasteiger partial charge < -0.3 is 20.4 Å². The van der Waals surface area contributed by atoms with Crippen LogP contribution in [0.25, 0.3) is 0 Å². The van der Waals surface area contributed by atoms with Crippen molar-refractivity contribution in [1.29, 1.82) is 0 Å². The summed E-state index contributed by atoms with van der Waals surface area (Å²) in [5.74, 6) is 1.66. The number of nitrogens with zero attached hydrogens (tertiary/aromatic N) is 6. The lowest BCUT2D eigenvalue weighted by Crippen LogP contribution is -2.51. The molecule has 36 heavy (non-hydrogen) atoms. The molecule has 2 unspecified atom stereocenters. The van der Waals surface area contributed by atoms with Crippen LogP contribution in [0, 0.1) is 11.8 Å². The Balaban J connectivity index is 1.06. The van der Waals surface area contributed by atoms with E-state index in [9.17, 15) is 9.59 Å². The Morgan fingerprint density at radius 1 is 0.639 bits per heavy atom. The summed E-state index contributed by atoms with van der Waals surface area (Å²) >= 11 is 0. The molecular weight excluding hydrogens is 456 g/mol. The second kappa shape index (κ2) is 11.6. The van der Waals surface area contributed by atoms with Crippen molar-refractivity contribution in [2.45, 2.75) is 63.5 Å². The Morgan fingerprint density at radius 3 is 1.42 bits per heavy atom. The fourth-order valence-corrected chi connectivity index (χ4v) is 5.72. The van der Waals surface area contributed by atoms with Gasteiger partial charge in [0.25, 0.3) is 0 Å². The van der Waals surface area contributed by atoms with Crippen molar-refractivity contribution in [2.75, 3.05) is 36.0 Å². The summed E-state index contributed by atoms with van der Waals surface area (Å²) in [6, 6.07) is 3.84. The van der Waals surface area contributed by atoms with Gasteiger partial charge in [-0.3, -0.25) is 9.59 Å². The lowest BCUT2D eigenvalue weighted by atomic mass is 9.80. The summed E-state index contributed by atoms with van der Waals surface area (Å²) < 4.78 is 0. The molecule has 10 heteroatoms. The van der Waals surface area contributed by atoms with Gasteiger partial charge in [-0.05, 0) is 63.5 Å². The first-order valence-corrected chi connectivity index (χ1v) is 13.3. The minimum absolute atomic E-state index is 0.0159. The zero-order valence-corrected chi connectivity index (χ0v) is 20.8. The van der Waals surface area contributed by atoms with Crippen LogP contribution >= 0.6 is 0 Å². The normalized spacial score (nSPS) is 26.8. The van der Waals surface area contributed by atoms with Crippen LogP contribution in [0.1, 0.15) is 51.4 Å². The van der Waals surface area contributed by atoms with Crippen LogP contribution in [0.4, 0.5) is 11.9 Å². The van der Waals surface area contributed by atoms with E-state index in [1.165, 1.54) is 0 Å². The van der Waals surface area contributed by atoms with E-state index < -0.39 is 0 Å². The molecule has 2 atom stereocenters. The fourth-order valence-electron chi connectivity index (χ4n) is 5.72. The third-order valence-electron chi connectivity index (χ3n) is 7.67. The molecule has 10 nitrogen and oxygen atoms in total. The largest absolute Gasteiger partial charge is 0.351 e. The number of anilines is 2. The third-order valence-corrected chi connectivity index (χ3v) is 7.67. The van der Waals surface area contributed by atoms with Crippen LogP contribution in [-0.2, 0) is 9.59 Å². The van der Waals surface area contributed by atoms with E-state index in [0.717, 1.165) is 89.4 Å². The summed E-state index contributed by atoms with van der Waals surface area (Å²) in [5.41, 5.74) is 0. The van der Waals surface area contributed by atoms with Crippen LogP contribution in [0.15, 0.2) is 36.9 Å². The van der Waals surface area contributed by atoms with E-state index in [1.54, 1.807) is 24.8 Å². The molecule has 4 heterocycles. The molecule has 1 saturated carbocycles. The molecule has 3 aliphatic rings. The van der Waals surface area contributed by atoms with Crippen molar-refractivity contribution >= 4 is 23.7 Å². The Kier molecular flexibility index (Phi) is 7.88. The number of carbonyl (C=O) groups excluding carboxylic acids is 2. The summed E-state index contributed by atoms with van der Waals surface area (Å²) in [6.45, 7) is 3.29. The van der Waals surface area contributed by atoms with Gasteiger partial charge in [-0.2, -0.15) is 0 Å². The van der Waals surface area contributed by atoms with Gasteiger partial charge in [0.2, 0.25) is 23.7 Å². The highest BCUT2D eigenvalue weighted by Crippen LogP contribution is 2.30. The molecule has 0 aromatic carbocycles. The molecular formula is C26H36N8O2. The van der Waals surface area contributed by atoms with E-state index >= 15 is 0 Å². The SMILES string of the molecule is O=C(NC1CCCN(c2ncccn2)C1)C1CCC(C(=O)NC2CCCN(c3ncccn3)C2)CC1. The zero-order valence-electron chi connectivity index (χ0n) is 20.8. The molecule has 2 aromatic rings. The summed E-state index contributed by atoms with van der Waals surface area (Å²) in [4.78, 5) is 47.7. The van der Waals surface area contributed by atoms with Crippen LogP contribution in [0.5, 0.6) is 0 Å². The van der Waals surface area contributed by atoms with Crippen LogP contribution < -0.4 is 20.4 Å². The number of rotatable bonds is 6. The highest BCUT2D eigenvalue weighted by molar-refractivity contribution is 5.81. The minimum Gasteiger partial charge on any atom is -0.351 e. The van der Waals surface area contributed by atoms with E-state index in [4.69, 9.17) is 0 Å². The first-order valence-electron chi connectivity index (χ1n) is 13.3. The Labute approximate surface area is 212 Å². The maximum atomic E-state index is 13.0. The Hall–Kier alpha value is -3.30. The van der Waals surface area contributed by atoms with Crippen molar-refractivity contribution < 1.29 is 9.59 Å². The van der Waals surface area contributed by atoms with E-state index in [0.29, 0.717) is 0 Å². The number of amides is 2. The van der Waals surface area contributed by atoms with E-state index in [1.807, 2.05) is 12.1 Å². The fraction of sp³-hybridized carbons (Fsp3) is 0.615. The molecule has 2 amide bonds. The van der Waals surface area contributed by atoms with Crippen molar-refractivity contribution in [1.82, 2.24) is 30.6 Å². The molecule has 192 valence electrons. The quantitative estimate of drug-likeness (QED) is 0.629. The van der Waals surface area contributed by atoms with Gasteiger partial charge in [0, 0.05) is 74.9 Å². The number of nitrogens with one attached hydrogen (secondary N) is 2. The van der Waals surface area contributed by atoms with Crippen LogP contribution in [-0.4, -0.2) is 70.0 Å². The van der Waals surface area contributed by atoms with Gasteiger partial charge in [0.05, 0.1) is 0 Å². The number of piperidine rings is 2. The van der Waals surface area contributed by atoms with Gasteiger partial charge in [0.1, 0.15) is 0 Å². The van der Waals surface area contributed by atoms with Crippen LogP contribution in [0.3, 0.4) is 0 Å². The zero-order chi connectivity index (χ0) is 24.7. The number of hydrogen-bond donors (Lipinski definition) is 2. The monoisotopic (exact) mass is 492 g/mol. The third kappa shape index (κ3) is 6.09. The summed E-state index contributed by atoms with van der Waals surface area (Å²) in [5, 5.41) is 6.53. The first-order chi connectivity index (χ1) is 17.7. The molecule has 2 saturated heterocycles. The Bertz CT molecular complexity index is 918. The summed E-state index contributed by atoms with van der Waals surface area (Å²) in [6.07, 6.45) is 14.0. The molecule has 2 aliphatic heterocycles. The highest BCUT2D eigenvalue weighted by atomic mass is 16.2. The van der Waals surface area contributed by atoms with Crippen molar-refractivity contribution in [3.63, 3.8) is 0 Å². The number of aromatic nitrogens is 4. The second-order valence-electron chi connectivity index (χ2n) is 10.2.